The first-order valence-electron chi connectivity index (χ1n) is 2.45. The van der Waals surface area contributed by atoms with Gasteiger partial charge in [0.05, 0.1) is 0 Å². The van der Waals surface area contributed by atoms with E-state index in [1.807, 2.05) is 0 Å². The lowest BCUT2D eigenvalue weighted by Crippen LogP contribution is -1.86. The fourth-order valence-electron chi connectivity index (χ4n) is 0.498. The van der Waals surface area contributed by atoms with Crippen LogP contribution in [0.3, 0.4) is 0 Å². The Balaban J connectivity index is 2.98. The van der Waals surface area contributed by atoms with Crippen molar-refractivity contribution in [2.75, 3.05) is 0 Å². The second-order valence-corrected chi connectivity index (χ2v) is 1.93. The number of hydrogen-bond donors (Lipinski definition) is 1. The van der Waals surface area contributed by atoms with Crippen LogP contribution in [0.2, 0.25) is 0 Å². The van der Waals surface area contributed by atoms with Crippen LogP contribution in [0.25, 0.3) is 0 Å². The molecule has 0 amide bonds. The average molecular weight is 141 g/mol. The summed E-state index contributed by atoms with van der Waals surface area (Å²) in [6, 6.07) is 3.38. The van der Waals surface area contributed by atoms with Crippen molar-refractivity contribution in [1.29, 1.82) is 5.41 Å². The molecule has 1 aromatic heterocycles. The van der Waals surface area contributed by atoms with Gasteiger partial charge in [-0.05, 0) is 12.1 Å². The number of nitrogens with one attached hydrogen (secondary N) is 1. The zero-order chi connectivity index (χ0) is 6.69. The van der Waals surface area contributed by atoms with E-state index < -0.39 is 0 Å². The molecule has 1 aromatic rings. The van der Waals surface area contributed by atoms with Gasteiger partial charge in [-0.3, -0.25) is 10.4 Å². The van der Waals surface area contributed by atoms with Crippen molar-refractivity contribution in [1.82, 2.24) is 4.98 Å². The molecule has 0 aliphatic heterocycles. The second kappa shape index (κ2) is 2.60. The number of halogens is 1. The number of hydrogen-bond acceptors (Lipinski definition) is 2. The predicted molar refractivity (Wildman–Crippen MR) is 36.9 cm³/mol. The highest BCUT2D eigenvalue weighted by Crippen LogP contribution is 1.99. The fraction of sp³-hybridized carbons (Fsp3) is 0. The lowest BCUT2D eigenvalue weighted by atomic mass is 10.3. The molecule has 0 atom stereocenters. The number of aromatic nitrogens is 1. The van der Waals surface area contributed by atoms with Gasteiger partial charge in [-0.2, -0.15) is 0 Å². The molecule has 0 aromatic carbocycles. The van der Waals surface area contributed by atoms with E-state index >= 15 is 0 Å². The molecule has 1 rings (SSSR count). The van der Waals surface area contributed by atoms with E-state index in [4.69, 9.17) is 17.0 Å². The van der Waals surface area contributed by atoms with Crippen LogP contribution in [0.4, 0.5) is 0 Å². The van der Waals surface area contributed by atoms with Crippen molar-refractivity contribution in [3.05, 3.63) is 30.1 Å². The van der Waals surface area contributed by atoms with Gasteiger partial charge in [0.2, 0.25) is 0 Å². The molecule has 0 saturated heterocycles. The van der Waals surface area contributed by atoms with Crippen LogP contribution in [-0.2, 0) is 0 Å². The summed E-state index contributed by atoms with van der Waals surface area (Å²) in [4.78, 5) is 3.77. The molecule has 0 aliphatic rings. The van der Waals surface area contributed by atoms with Gasteiger partial charge >= 0.3 is 0 Å². The summed E-state index contributed by atoms with van der Waals surface area (Å²) in [5, 5.41) is 7.03. The monoisotopic (exact) mass is 140 g/mol. The van der Waals surface area contributed by atoms with E-state index in [0.717, 1.165) is 0 Å². The highest BCUT2D eigenvalue weighted by atomic mass is 35.5. The Morgan fingerprint density at radius 3 is 2.33 bits per heavy atom. The minimum Gasteiger partial charge on any atom is -0.289 e. The molecule has 2 nitrogen and oxygen atoms in total. The maximum atomic E-state index is 6.97. The Kier molecular flexibility index (Phi) is 1.80. The van der Waals surface area contributed by atoms with Crippen molar-refractivity contribution in [2.24, 2.45) is 0 Å². The number of nitrogens with zero attached hydrogens (tertiary/aromatic N) is 1. The molecule has 9 heavy (non-hydrogen) atoms. The van der Waals surface area contributed by atoms with Crippen LogP contribution in [0.15, 0.2) is 24.5 Å². The lowest BCUT2D eigenvalue weighted by molar-refractivity contribution is 1.32. The van der Waals surface area contributed by atoms with Gasteiger partial charge in [0.1, 0.15) is 5.17 Å². The molecule has 3 heteroatoms. The molecule has 0 bridgehead atoms. The minimum absolute atomic E-state index is 0.0531. The van der Waals surface area contributed by atoms with Crippen LogP contribution in [0, 0.1) is 5.41 Å². The summed E-state index contributed by atoms with van der Waals surface area (Å²) in [6.45, 7) is 0. The Morgan fingerprint density at radius 2 is 2.00 bits per heavy atom. The van der Waals surface area contributed by atoms with Gasteiger partial charge in [0.15, 0.2) is 0 Å². The third kappa shape index (κ3) is 1.50. The van der Waals surface area contributed by atoms with E-state index in [0.29, 0.717) is 5.56 Å². The van der Waals surface area contributed by atoms with Crippen molar-refractivity contribution >= 4 is 16.8 Å². The van der Waals surface area contributed by atoms with Gasteiger partial charge < -0.3 is 0 Å². The van der Waals surface area contributed by atoms with Crippen LogP contribution < -0.4 is 0 Å². The van der Waals surface area contributed by atoms with Crippen LogP contribution in [0.1, 0.15) is 5.56 Å². The lowest BCUT2D eigenvalue weighted by Gasteiger charge is -1.90. The van der Waals surface area contributed by atoms with E-state index in [9.17, 15) is 0 Å². The summed E-state index contributed by atoms with van der Waals surface area (Å²) in [6.07, 6.45) is 3.21. The van der Waals surface area contributed by atoms with Crippen molar-refractivity contribution in [2.45, 2.75) is 0 Å². The molecule has 0 radical (unpaired) electrons. The quantitative estimate of drug-likeness (QED) is 0.592. The van der Waals surface area contributed by atoms with Gasteiger partial charge in [0.25, 0.3) is 0 Å². The first-order valence-corrected chi connectivity index (χ1v) is 2.83. The highest BCUT2D eigenvalue weighted by Gasteiger charge is 1.91. The Morgan fingerprint density at radius 1 is 1.44 bits per heavy atom. The van der Waals surface area contributed by atoms with E-state index in [2.05, 4.69) is 4.98 Å². The Hall–Kier alpha value is -0.890. The minimum atomic E-state index is 0.0531. The summed E-state index contributed by atoms with van der Waals surface area (Å²) < 4.78 is 0. The molecule has 0 unspecified atom stereocenters. The molecular formula is C6H5ClN2. The second-order valence-electron chi connectivity index (χ2n) is 1.55. The van der Waals surface area contributed by atoms with Crippen LogP contribution >= 0.6 is 11.6 Å². The number of rotatable bonds is 1. The number of pyridine rings is 1. The summed E-state index contributed by atoms with van der Waals surface area (Å²) in [5.74, 6) is 0. The van der Waals surface area contributed by atoms with E-state index in [1.54, 1.807) is 24.5 Å². The van der Waals surface area contributed by atoms with Crippen LogP contribution in [-0.4, -0.2) is 10.2 Å². The highest BCUT2D eigenvalue weighted by molar-refractivity contribution is 6.68. The molecular weight excluding hydrogens is 136 g/mol. The zero-order valence-corrected chi connectivity index (χ0v) is 5.39. The van der Waals surface area contributed by atoms with Crippen molar-refractivity contribution < 1.29 is 0 Å². The molecule has 0 fully saturated rings. The summed E-state index contributed by atoms with van der Waals surface area (Å²) >= 11 is 5.36. The smallest absolute Gasteiger partial charge is 0.128 e. The molecule has 46 valence electrons. The fourth-order valence-corrected chi connectivity index (χ4v) is 0.624. The molecule has 0 spiro atoms. The molecule has 0 saturated carbocycles. The molecule has 0 aliphatic carbocycles. The van der Waals surface area contributed by atoms with E-state index in [1.165, 1.54) is 0 Å². The van der Waals surface area contributed by atoms with Gasteiger partial charge in [-0.15, -0.1) is 0 Å². The third-order valence-corrected chi connectivity index (χ3v) is 1.15. The van der Waals surface area contributed by atoms with Gasteiger partial charge in [0, 0.05) is 18.0 Å². The van der Waals surface area contributed by atoms with E-state index in [-0.39, 0.29) is 5.17 Å². The maximum Gasteiger partial charge on any atom is 0.128 e. The first-order chi connectivity index (χ1) is 4.30. The van der Waals surface area contributed by atoms with Crippen molar-refractivity contribution in [3.63, 3.8) is 0 Å². The maximum absolute atomic E-state index is 6.97. The van der Waals surface area contributed by atoms with Crippen LogP contribution in [0.5, 0.6) is 0 Å². The van der Waals surface area contributed by atoms with Gasteiger partial charge in [-0.1, -0.05) is 11.6 Å². The first kappa shape index (κ1) is 6.23. The summed E-state index contributed by atoms with van der Waals surface area (Å²) in [7, 11) is 0. The third-order valence-electron chi connectivity index (χ3n) is 0.934. The van der Waals surface area contributed by atoms with Gasteiger partial charge in [-0.25, -0.2) is 0 Å². The average Bonchev–Trinajstić information content (AvgIpc) is 1.90. The van der Waals surface area contributed by atoms with Crippen molar-refractivity contribution in [3.8, 4) is 0 Å². The standard InChI is InChI=1S/C6H5ClN2/c7-6(8)5-1-3-9-4-2-5/h1-4,8H. The molecule has 1 heterocycles. The largest absolute Gasteiger partial charge is 0.289 e. The normalized spacial score (nSPS) is 9.00. The zero-order valence-electron chi connectivity index (χ0n) is 4.63. The Bertz CT molecular complexity index is 208. The predicted octanol–water partition coefficient (Wildman–Crippen LogP) is 1.65. The topological polar surface area (TPSA) is 36.7 Å². The molecule has 1 N–H and O–H groups in total. The summed E-state index contributed by atoms with van der Waals surface area (Å²) in [5.41, 5.74) is 0.701. The SMILES string of the molecule is N=C(Cl)c1ccncc1. The Labute approximate surface area is 58.0 Å².